The van der Waals surface area contributed by atoms with Crippen molar-refractivity contribution in [3.05, 3.63) is 30.3 Å². The largest absolute Gasteiger partial charge is 0.389 e. The van der Waals surface area contributed by atoms with Gasteiger partial charge >= 0.3 is 6.01 Å². The smallest absolute Gasteiger partial charge is 0.333 e. The molecule has 72 valence electrons. The van der Waals surface area contributed by atoms with Crippen LogP contribution >= 0.6 is 0 Å². The van der Waals surface area contributed by atoms with Crippen molar-refractivity contribution in [1.82, 2.24) is 10.4 Å². The fraction of sp³-hybridized carbons (Fsp3) is 0.222. The summed E-state index contributed by atoms with van der Waals surface area (Å²) in [4.78, 5) is 1.44. The van der Waals surface area contributed by atoms with E-state index in [1.54, 1.807) is 0 Å². The zero-order chi connectivity index (χ0) is 9.80. The molecule has 0 unspecified atom stereocenters. The van der Waals surface area contributed by atoms with Gasteiger partial charge in [0, 0.05) is 18.7 Å². The Morgan fingerprint density at radius 3 is 2.86 bits per heavy atom. The lowest BCUT2D eigenvalue weighted by molar-refractivity contribution is -0.724. The van der Waals surface area contributed by atoms with Crippen molar-refractivity contribution in [2.45, 2.75) is 6.92 Å². The van der Waals surface area contributed by atoms with Crippen LogP contribution in [0, 0.1) is 0 Å². The van der Waals surface area contributed by atoms with E-state index in [2.05, 4.69) is 15.7 Å². The SMILES string of the molecule is CCNc1n[n+](-c2ccccc2)no1. The summed E-state index contributed by atoms with van der Waals surface area (Å²) in [6.07, 6.45) is 0. The maximum Gasteiger partial charge on any atom is 0.389 e. The number of para-hydroxylation sites is 1. The number of hydrogen-bond donors (Lipinski definition) is 1. The molecule has 0 radical (unpaired) electrons. The van der Waals surface area contributed by atoms with E-state index in [4.69, 9.17) is 4.52 Å². The van der Waals surface area contributed by atoms with Crippen LogP contribution in [0.1, 0.15) is 6.92 Å². The van der Waals surface area contributed by atoms with Gasteiger partial charge in [-0.2, -0.15) is 0 Å². The number of rotatable bonds is 3. The van der Waals surface area contributed by atoms with Crippen LogP contribution in [0.5, 0.6) is 0 Å². The van der Waals surface area contributed by atoms with E-state index in [-0.39, 0.29) is 0 Å². The Bertz CT molecular complexity index is 398. The summed E-state index contributed by atoms with van der Waals surface area (Å²) in [7, 11) is 0. The van der Waals surface area contributed by atoms with E-state index in [0.29, 0.717) is 6.01 Å². The molecule has 0 bridgehead atoms. The van der Waals surface area contributed by atoms with E-state index >= 15 is 0 Å². The van der Waals surface area contributed by atoms with Crippen molar-refractivity contribution in [1.29, 1.82) is 0 Å². The molecule has 1 aromatic carbocycles. The lowest BCUT2D eigenvalue weighted by Crippen LogP contribution is -2.35. The van der Waals surface area contributed by atoms with Crippen LogP contribution in [-0.2, 0) is 0 Å². The second-order valence-electron chi connectivity index (χ2n) is 2.73. The van der Waals surface area contributed by atoms with Gasteiger partial charge in [-0.3, -0.25) is 4.52 Å². The average Bonchev–Trinajstić information content (AvgIpc) is 2.68. The molecule has 1 N–H and O–H groups in total. The van der Waals surface area contributed by atoms with Crippen molar-refractivity contribution in [2.24, 2.45) is 0 Å². The summed E-state index contributed by atoms with van der Waals surface area (Å²) >= 11 is 0. The molecule has 0 saturated carbocycles. The van der Waals surface area contributed by atoms with Gasteiger partial charge in [-0.1, -0.05) is 18.2 Å². The third kappa shape index (κ3) is 1.71. The Labute approximate surface area is 81.3 Å². The van der Waals surface area contributed by atoms with Gasteiger partial charge in [0.15, 0.2) is 0 Å². The number of aromatic nitrogens is 3. The number of benzene rings is 1. The Morgan fingerprint density at radius 2 is 2.14 bits per heavy atom. The second kappa shape index (κ2) is 3.87. The molecule has 0 amide bonds. The number of nitrogens with zero attached hydrogens (tertiary/aromatic N) is 3. The first kappa shape index (κ1) is 8.68. The van der Waals surface area contributed by atoms with Gasteiger partial charge in [-0.25, -0.2) is 0 Å². The highest BCUT2D eigenvalue weighted by Crippen LogP contribution is 1.98. The van der Waals surface area contributed by atoms with Crippen molar-refractivity contribution in [3.8, 4) is 5.69 Å². The molecule has 5 heteroatoms. The fourth-order valence-electron chi connectivity index (χ4n) is 1.08. The molecule has 2 rings (SSSR count). The lowest BCUT2D eigenvalue weighted by atomic mass is 10.3. The molecule has 14 heavy (non-hydrogen) atoms. The first-order chi connectivity index (χ1) is 6.90. The minimum absolute atomic E-state index is 0.427. The highest BCUT2D eigenvalue weighted by Gasteiger charge is 2.15. The zero-order valence-corrected chi connectivity index (χ0v) is 7.84. The fourth-order valence-corrected chi connectivity index (χ4v) is 1.08. The summed E-state index contributed by atoms with van der Waals surface area (Å²) in [5.74, 6) is 0. The van der Waals surface area contributed by atoms with E-state index < -0.39 is 0 Å². The first-order valence-corrected chi connectivity index (χ1v) is 4.46. The minimum atomic E-state index is 0.427. The van der Waals surface area contributed by atoms with Crippen LogP contribution < -0.4 is 10.1 Å². The first-order valence-electron chi connectivity index (χ1n) is 4.46. The third-order valence-corrected chi connectivity index (χ3v) is 1.71. The molecule has 0 aliphatic carbocycles. The van der Waals surface area contributed by atoms with Crippen LogP contribution in [0.3, 0.4) is 0 Å². The van der Waals surface area contributed by atoms with Gasteiger partial charge in [-0.15, -0.1) is 0 Å². The normalized spacial score (nSPS) is 10.1. The van der Waals surface area contributed by atoms with Crippen LogP contribution in [-0.4, -0.2) is 16.9 Å². The topological polar surface area (TPSA) is 54.8 Å². The molecule has 1 heterocycles. The molecule has 0 aliphatic rings. The van der Waals surface area contributed by atoms with Crippen LogP contribution in [0.2, 0.25) is 0 Å². The summed E-state index contributed by atoms with van der Waals surface area (Å²) in [6.45, 7) is 2.73. The maximum absolute atomic E-state index is 4.95. The van der Waals surface area contributed by atoms with Crippen molar-refractivity contribution < 1.29 is 9.32 Å². The Hall–Kier alpha value is -1.91. The van der Waals surface area contributed by atoms with Gasteiger partial charge in [0.25, 0.3) is 5.69 Å². The maximum atomic E-state index is 4.95. The summed E-state index contributed by atoms with van der Waals surface area (Å²) < 4.78 is 4.95. The van der Waals surface area contributed by atoms with E-state index in [9.17, 15) is 0 Å². The summed E-state index contributed by atoms with van der Waals surface area (Å²) in [6, 6.07) is 10.0. The highest BCUT2D eigenvalue weighted by atomic mass is 16.5. The van der Waals surface area contributed by atoms with Gasteiger partial charge in [0.2, 0.25) is 5.27 Å². The third-order valence-electron chi connectivity index (χ3n) is 1.71. The van der Waals surface area contributed by atoms with Crippen LogP contribution in [0.4, 0.5) is 6.01 Å². The molecule has 2 aromatic rings. The monoisotopic (exact) mass is 191 g/mol. The highest BCUT2D eigenvalue weighted by molar-refractivity contribution is 5.20. The molecule has 0 saturated heterocycles. The average molecular weight is 191 g/mol. The van der Waals surface area contributed by atoms with E-state index in [1.807, 2.05) is 37.3 Å². The van der Waals surface area contributed by atoms with Crippen molar-refractivity contribution in [2.75, 3.05) is 11.9 Å². The molecule has 0 fully saturated rings. The lowest BCUT2D eigenvalue weighted by Gasteiger charge is -1.85. The molecule has 5 nitrogen and oxygen atoms in total. The van der Waals surface area contributed by atoms with Crippen molar-refractivity contribution in [3.63, 3.8) is 0 Å². The molecule has 0 spiro atoms. The van der Waals surface area contributed by atoms with E-state index in [0.717, 1.165) is 12.2 Å². The quantitative estimate of drug-likeness (QED) is 0.728. The predicted molar refractivity (Wildman–Crippen MR) is 50.0 cm³/mol. The van der Waals surface area contributed by atoms with Gasteiger partial charge in [0.05, 0.1) is 5.10 Å². The summed E-state index contributed by atoms with van der Waals surface area (Å²) in [5.41, 5.74) is 0.875. The molecule has 0 atom stereocenters. The Morgan fingerprint density at radius 1 is 1.36 bits per heavy atom. The zero-order valence-electron chi connectivity index (χ0n) is 7.84. The van der Waals surface area contributed by atoms with Crippen LogP contribution in [0.25, 0.3) is 5.69 Å². The second-order valence-corrected chi connectivity index (χ2v) is 2.73. The molecular formula is C9H11N4O+. The molecular weight excluding hydrogens is 180 g/mol. The van der Waals surface area contributed by atoms with Gasteiger partial charge < -0.3 is 5.32 Å². The van der Waals surface area contributed by atoms with E-state index in [1.165, 1.54) is 4.80 Å². The number of anilines is 1. The predicted octanol–water partition coefficient (Wildman–Crippen LogP) is 0.778. The Kier molecular flexibility index (Phi) is 2.40. The van der Waals surface area contributed by atoms with Crippen LogP contribution in [0.15, 0.2) is 34.9 Å². The van der Waals surface area contributed by atoms with Gasteiger partial charge in [0.1, 0.15) is 4.80 Å². The minimum Gasteiger partial charge on any atom is -0.333 e. The molecule has 1 aromatic heterocycles. The number of nitrogens with one attached hydrogen (secondary N) is 1. The Balaban J connectivity index is 2.25. The van der Waals surface area contributed by atoms with Crippen molar-refractivity contribution >= 4 is 6.01 Å². The number of hydrogen-bond acceptors (Lipinski definition) is 4. The standard InChI is InChI=1S/C9H11N4O/c1-2-10-9-11-13(12-14-9)8-6-4-3-5-7-8/h3-7H,2H2,1H3,(H,10,11,12)/q+1. The summed E-state index contributed by atoms with van der Waals surface area (Å²) in [5, 5.41) is 10.8. The van der Waals surface area contributed by atoms with Gasteiger partial charge in [-0.05, 0) is 6.92 Å². The molecule has 0 aliphatic heterocycles.